The second kappa shape index (κ2) is 11.7. The first-order valence-corrected chi connectivity index (χ1v) is 15.8. The van der Waals surface area contributed by atoms with Crippen LogP contribution in [0.1, 0.15) is 81.9 Å². The molecule has 0 radical (unpaired) electrons. The van der Waals surface area contributed by atoms with Crippen LogP contribution in [-0.4, -0.2) is 30.5 Å². The second-order valence-corrected chi connectivity index (χ2v) is 13.9. The molecule has 0 aromatic heterocycles. The first kappa shape index (κ1) is 29.1. The summed E-state index contributed by atoms with van der Waals surface area (Å²) in [5.74, 6) is 0.445. The number of allylic oxidation sites excluding steroid dienone is 1. The minimum atomic E-state index is -3.66. The highest BCUT2D eigenvalue weighted by atomic mass is 35.5. The van der Waals surface area contributed by atoms with E-state index < -0.39 is 20.7 Å². The third-order valence-electron chi connectivity index (χ3n) is 8.63. The molecule has 2 aromatic rings. The molecule has 1 heterocycles. The molecule has 1 amide bonds. The lowest BCUT2D eigenvalue weighted by molar-refractivity contribution is -0.157. The monoisotopic (exact) mass is 576 g/mol. The average molecular weight is 578 g/mol. The van der Waals surface area contributed by atoms with Crippen molar-refractivity contribution in [2.75, 3.05) is 0 Å². The molecule has 0 bridgehead atoms. The zero-order valence-corrected chi connectivity index (χ0v) is 24.5. The van der Waals surface area contributed by atoms with Gasteiger partial charge in [-0.3, -0.25) is 4.79 Å². The fourth-order valence-electron chi connectivity index (χ4n) is 6.20. The van der Waals surface area contributed by atoms with E-state index in [1.807, 2.05) is 48.5 Å². The molecular formula is C30H38Cl2N2O3S. The SMILES string of the molecule is C=CC[C@@]1(CC)C[C@H](c2cccc(Cl)c2)[C@@H](c2ccc(Cl)cc2)N([C@@H](CCC(C)S(N)(=O)=O)C2CC2)C1=O. The molecule has 1 aliphatic heterocycles. The van der Waals surface area contributed by atoms with Gasteiger partial charge in [0, 0.05) is 22.0 Å². The maximum Gasteiger partial charge on any atom is 0.229 e. The van der Waals surface area contributed by atoms with Gasteiger partial charge in [0.15, 0.2) is 0 Å². The predicted molar refractivity (Wildman–Crippen MR) is 156 cm³/mol. The van der Waals surface area contributed by atoms with Crippen molar-refractivity contribution in [3.63, 3.8) is 0 Å². The Bertz CT molecular complexity index is 1260. The molecule has 1 saturated heterocycles. The topological polar surface area (TPSA) is 80.5 Å². The number of rotatable bonds is 11. The number of likely N-dealkylation sites (tertiary alicyclic amines) is 1. The van der Waals surface area contributed by atoms with Gasteiger partial charge in [-0.25, -0.2) is 13.6 Å². The van der Waals surface area contributed by atoms with Crippen LogP contribution in [0.2, 0.25) is 10.0 Å². The number of nitrogens with two attached hydrogens (primary N) is 1. The lowest BCUT2D eigenvalue weighted by Gasteiger charge is -2.53. The Balaban J connectivity index is 1.88. The van der Waals surface area contributed by atoms with E-state index in [9.17, 15) is 13.2 Å². The van der Waals surface area contributed by atoms with Crippen molar-refractivity contribution in [1.29, 1.82) is 0 Å². The molecule has 1 aliphatic carbocycles. The minimum Gasteiger partial charge on any atom is -0.331 e. The van der Waals surface area contributed by atoms with Crippen LogP contribution < -0.4 is 5.14 Å². The van der Waals surface area contributed by atoms with Crippen LogP contribution in [0.25, 0.3) is 0 Å². The van der Waals surface area contributed by atoms with Gasteiger partial charge in [0.1, 0.15) is 0 Å². The summed E-state index contributed by atoms with van der Waals surface area (Å²) in [7, 11) is -3.66. The van der Waals surface area contributed by atoms with Crippen LogP contribution in [0.3, 0.4) is 0 Å². The summed E-state index contributed by atoms with van der Waals surface area (Å²) in [6.45, 7) is 7.72. The Hall–Kier alpha value is -1.86. The van der Waals surface area contributed by atoms with Gasteiger partial charge in [-0.05, 0) is 93.2 Å². The second-order valence-electron chi connectivity index (χ2n) is 11.1. The molecule has 5 nitrogen and oxygen atoms in total. The Morgan fingerprint density at radius 3 is 2.34 bits per heavy atom. The van der Waals surface area contributed by atoms with Crippen LogP contribution >= 0.6 is 23.2 Å². The molecule has 8 heteroatoms. The number of primary sulfonamides is 1. The molecule has 2 aromatic carbocycles. The fraction of sp³-hybridized carbons (Fsp3) is 0.500. The van der Waals surface area contributed by atoms with E-state index in [2.05, 4.69) is 24.5 Å². The smallest absolute Gasteiger partial charge is 0.229 e. The van der Waals surface area contributed by atoms with Crippen molar-refractivity contribution in [2.24, 2.45) is 16.5 Å². The van der Waals surface area contributed by atoms with Gasteiger partial charge >= 0.3 is 0 Å². The summed E-state index contributed by atoms with van der Waals surface area (Å²) >= 11 is 12.7. The third-order valence-corrected chi connectivity index (χ3v) is 10.5. The number of sulfonamides is 1. The van der Waals surface area contributed by atoms with Gasteiger partial charge in [-0.2, -0.15) is 0 Å². The van der Waals surface area contributed by atoms with E-state index in [1.165, 1.54) is 0 Å². The largest absolute Gasteiger partial charge is 0.331 e. The Morgan fingerprint density at radius 1 is 1.11 bits per heavy atom. The number of piperidine rings is 1. The number of nitrogens with zero attached hydrogens (tertiary/aromatic N) is 1. The molecular weight excluding hydrogens is 539 g/mol. The molecule has 1 saturated carbocycles. The third kappa shape index (κ3) is 6.14. The maximum atomic E-state index is 14.7. The molecule has 5 atom stereocenters. The number of carbonyl (C=O) groups is 1. The number of benzene rings is 2. The maximum absolute atomic E-state index is 14.7. The van der Waals surface area contributed by atoms with E-state index in [0.717, 1.165) is 24.0 Å². The van der Waals surface area contributed by atoms with Crippen molar-refractivity contribution in [2.45, 2.75) is 82.0 Å². The zero-order valence-electron chi connectivity index (χ0n) is 22.2. The molecule has 2 fully saturated rings. The van der Waals surface area contributed by atoms with Crippen LogP contribution in [0.5, 0.6) is 0 Å². The molecule has 1 unspecified atom stereocenters. The number of carbonyl (C=O) groups excluding carboxylic acids is 1. The van der Waals surface area contributed by atoms with E-state index in [0.29, 0.717) is 48.1 Å². The lowest BCUT2D eigenvalue weighted by atomic mass is 9.64. The summed E-state index contributed by atoms with van der Waals surface area (Å²) < 4.78 is 24.1. The highest BCUT2D eigenvalue weighted by Crippen LogP contribution is 2.55. The van der Waals surface area contributed by atoms with Crippen LogP contribution in [0, 0.1) is 11.3 Å². The van der Waals surface area contributed by atoms with Gasteiger partial charge in [0.05, 0.1) is 16.7 Å². The first-order chi connectivity index (χ1) is 18.0. The van der Waals surface area contributed by atoms with Gasteiger partial charge in [-0.15, -0.1) is 6.58 Å². The molecule has 0 spiro atoms. The molecule has 2 N–H and O–H groups in total. The first-order valence-electron chi connectivity index (χ1n) is 13.5. The van der Waals surface area contributed by atoms with E-state index in [-0.39, 0.29) is 23.9 Å². The zero-order chi connectivity index (χ0) is 27.7. The molecule has 38 heavy (non-hydrogen) atoms. The number of halogens is 2. The standard InChI is InChI=1S/C30H38Cl2N2O3S/c1-4-17-30(5-2)19-26(23-7-6-8-25(32)18-23)28(22-12-14-24(31)15-13-22)34(29(30)35)27(21-10-11-21)16-9-20(3)38(33,36)37/h4,6-8,12-15,18,20-21,26-28H,1,5,9-11,16-17,19H2,2-3H3,(H2,33,36,37)/t20?,26-,27+,28-,30+/m1/s1. The summed E-state index contributed by atoms with van der Waals surface area (Å²) in [5.41, 5.74) is 1.50. The van der Waals surface area contributed by atoms with Gasteiger partial charge in [-0.1, -0.05) is 60.5 Å². The molecule has 206 valence electrons. The van der Waals surface area contributed by atoms with E-state index >= 15 is 0 Å². The lowest BCUT2D eigenvalue weighted by Crippen LogP contribution is -2.57. The highest BCUT2D eigenvalue weighted by Gasteiger charge is 2.54. The summed E-state index contributed by atoms with van der Waals surface area (Å²) in [4.78, 5) is 16.8. The number of hydrogen-bond acceptors (Lipinski definition) is 3. The van der Waals surface area contributed by atoms with Crippen molar-refractivity contribution < 1.29 is 13.2 Å². The molecule has 2 aliphatic rings. The Labute approximate surface area is 237 Å². The number of amides is 1. The Kier molecular flexibility index (Phi) is 8.98. The van der Waals surface area contributed by atoms with Crippen LogP contribution in [0.4, 0.5) is 0 Å². The fourth-order valence-corrected chi connectivity index (χ4v) is 6.99. The van der Waals surface area contributed by atoms with Crippen molar-refractivity contribution in [1.82, 2.24) is 4.90 Å². The van der Waals surface area contributed by atoms with E-state index in [1.54, 1.807) is 6.92 Å². The molecule has 4 rings (SSSR count). The quantitative estimate of drug-likeness (QED) is 0.286. The van der Waals surface area contributed by atoms with Crippen LogP contribution in [-0.2, 0) is 14.8 Å². The summed E-state index contributed by atoms with van der Waals surface area (Å²) in [5, 5.41) is 6.09. The normalized spacial score (nSPS) is 25.7. The number of hydrogen-bond donors (Lipinski definition) is 1. The van der Waals surface area contributed by atoms with Gasteiger partial charge < -0.3 is 4.90 Å². The van der Waals surface area contributed by atoms with Crippen molar-refractivity contribution in [3.05, 3.63) is 82.4 Å². The van der Waals surface area contributed by atoms with Gasteiger partial charge in [0.25, 0.3) is 0 Å². The Morgan fingerprint density at radius 2 is 1.79 bits per heavy atom. The predicted octanol–water partition coefficient (Wildman–Crippen LogP) is 7.26. The summed E-state index contributed by atoms with van der Waals surface area (Å²) in [6, 6.07) is 15.4. The van der Waals surface area contributed by atoms with Crippen LogP contribution in [0.15, 0.2) is 61.2 Å². The van der Waals surface area contributed by atoms with Gasteiger partial charge in [0.2, 0.25) is 15.9 Å². The average Bonchev–Trinajstić information content (AvgIpc) is 3.71. The van der Waals surface area contributed by atoms with Crippen molar-refractivity contribution >= 4 is 39.1 Å². The van der Waals surface area contributed by atoms with Crippen molar-refractivity contribution in [3.8, 4) is 0 Å². The minimum absolute atomic E-state index is 0.00982. The summed E-state index contributed by atoms with van der Waals surface area (Å²) in [6.07, 6.45) is 6.81. The van der Waals surface area contributed by atoms with E-state index in [4.69, 9.17) is 28.3 Å². The highest BCUT2D eigenvalue weighted by molar-refractivity contribution is 7.89.